The number of sulfonamides is 1. The summed E-state index contributed by atoms with van der Waals surface area (Å²) < 4.78 is 27.0. The van der Waals surface area contributed by atoms with Crippen molar-refractivity contribution in [3.05, 3.63) is 60.8 Å². The Labute approximate surface area is 121 Å². The minimum absolute atomic E-state index is 0.156. The number of pyridine rings is 1. The smallest absolute Gasteiger partial charge is 0.265 e. The molecule has 5 nitrogen and oxygen atoms in total. The van der Waals surface area contributed by atoms with Crippen molar-refractivity contribution in [2.24, 2.45) is 0 Å². The Bertz CT molecular complexity index is 907. The van der Waals surface area contributed by atoms with Crippen molar-refractivity contribution in [1.29, 1.82) is 0 Å². The molecule has 1 aromatic heterocycles. The van der Waals surface area contributed by atoms with Crippen LogP contribution >= 0.6 is 0 Å². The van der Waals surface area contributed by atoms with Gasteiger partial charge in [0.15, 0.2) is 0 Å². The Morgan fingerprint density at radius 3 is 2.62 bits per heavy atom. The van der Waals surface area contributed by atoms with Gasteiger partial charge in [-0.05, 0) is 36.4 Å². The predicted octanol–water partition coefficient (Wildman–Crippen LogP) is 2.74. The second-order valence-electron chi connectivity index (χ2n) is 4.48. The number of anilines is 1. The van der Waals surface area contributed by atoms with Crippen molar-refractivity contribution >= 4 is 26.6 Å². The number of benzene rings is 2. The lowest BCUT2D eigenvalue weighted by atomic mass is 10.2. The van der Waals surface area contributed by atoms with Gasteiger partial charge >= 0.3 is 0 Å². The molecule has 0 radical (unpaired) electrons. The summed E-state index contributed by atoms with van der Waals surface area (Å²) in [4.78, 5) is 4.02. The van der Waals surface area contributed by atoms with E-state index in [9.17, 15) is 13.5 Å². The van der Waals surface area contributed by atoms with Crippen LogP contribution in [0.15, 0.2) is 65.7 Å². The summed E-state index contributed by atoms with van der Waals surface area (Å²) in [7, 11) is -3.83. The molecule has 0 saturated heterocycles. The van der Waals surface area contributed by atoms with Crippen molar-refractivity contribution < 1.29 is 13.5 Å². The summed E-state index contributed by atoms with van der Waals surface area (Å²) in [6.45, 7) is 0. The molecule has 0 aliphatic heterocycles. The van der Waals surface area contributed by atoms with Gasteiger partial charge in [-0.3, -0.25) is 9.71 Å². The van der Waals surface area contributed by atoms with E-state index < -0.39 is 10.0 Å². The molecule has 0 atom stereocenters. The van der Waals surface area contributed by atoms with Gasteiger partial charge in [-0.15, -0.1) is 0 Å². The van der Waals surface area contributed by atoms with Crippen LogP contribution in [0.5, 0.6) is 5.75 Å². The molecule has 0 saturated carbocycles. The number of fused-ring (bicyclic) bond motifs is 1. The third-order valence-corrected chi connectivity index (χ3v) is 4.44. The van der Waals surface area contributed by atoms with E-state index in [1.807, 2.05) is 6.07 Å². The highest BCUT2D eigenvalue weighted by atomic mass is 32.2. The molecule has 0 unspecified atom stereocenters. The average molecular weight is 300 g/mol. The fraction of sp³-hybridized carbons (Fsp3) is 0. The van der Waals surface area contributed by atoms with E-state index in [1.165, 1.54) is 12.1 Å². The van der Waals surface area contributed by atoms with Crippen molar-refractivity contribution in [3.8, 4) is 5.75 Å². The van der Waals surface area contributed by atoms with E-state index >= 15 is 0 Å². The molecule has 3 aromatic rings. The highest BCUT2D eigenvalue weighted by Gasteiger charge is 2.18. The third kappa shape index (κ3) is 2.66. The van der Waals surface area contributed by atoms with Crippen molar-refractivity contribution in [3.63, 3.8) is 0 Å². The fourth-order valence-electron chi connectivity index (χ4n) is 2.03. The first-order valence-corrected chi connectivity index (χ1v) is 7.70. The third-order valence-electron chi connectivity index (χ3n) is 3.01. The number of phenols is 1. The molecule has 106 valence electrons. The topological polar surface area (TPSA) is 79.3 Å². The van der Waals surface area contributed by atoms with E-state index in [0.29, 0.717) is 5.69 Å². The van der Waals surface area contributed by atoms with E-state index in [1.54, 1.807) is 42.6 Å². The number of aromatic nitrogens is 1. The molecule has 2 N–H and O–H groups in total. The van der Waals surface area contributed by atoms with Crippen molar-refractivity contribution in [1.82, 2.24) is 4.98 Å². The number of phenolic OH excluding ortho intramolecular Hbond substituents is 1. The molecule has 0 aliphatic rings. The van der Waals surface area contributed by atoms with Gasteiger partial charge in [0.2, 0.25) is 0 Å². The summed E-state index contributed by atoms with van der Waals surface area (Å²) in [6, 6.07) is 14.5. The Balaban J connectivity index is 1.99. The van der Waals surface area contributed by atoms with Gasteiger partial charge in [-0.25, -0.2) is 8.42 Å². The van der Waals surface area contributed by atoms with Crippen LogP contribution in [0.3, 0.4) is 0 Å². The lowest BCUT2D eigenvalue weighted by Gasteiger charge is -2.09. The summed E-state index contributed by atoms with van der Waals surface area (Å²) in [5, 5.41) is 10.5. The van der Waals surface area contributed by atoms with E-state index in [4.69, 9.17) is 0 Å². The summed E-state index contributed by atoms with van der Waals surface area (Å²) in [5.74, 6) is -0.285. The predicted molar refractivity (Wildman–Crippen MR) is 80.7 cm³/mol. The van der Waals surface area contributed by atoms with E-state index in [0.717, 1.165) is 10.9 Å². The Morgan fingerprint density at radius 2 is 1.81 bits per heavy atom. The second-order valence-corrected chi connectivity index (χ2v) is 6.13. The number of hydrogen-bond acceptors (Lipinski definition) is 4. The van der Waals surface area contributed by atoms with Crippen LogP contribution in [-0.4, -0.2) is 18.5 Å². The van der Waals surface area contributed by atoms with Crippen LogP contribution in [-0.2, 0) is 10.0 Å². The molecule has 3 rings (SSSR count). The van der Waals surface area contributed by atoms with Crippen molar-refractivity contribution in [2.45, 2.75) is 4.90 Å². The minimum atomic E-state index is -3.83. The molecule has 0 amide bonds. The first-order valence-electron chi connectivity index (χ1n) is 6.22. The van der Waals surface area contributed by atoms with Crippen LogP contribution in [0.1, 0.15) is 0 Å². The quantitative estimate of drug-likeness (QED) is 0.779. The molecule has 0 aliphatic carbocycles. The lowest BCUT2D eigenvalue weighted by molar-refractivity contribution is 0.459. The van der Waals surface area contributed by atoms with E-state index in [-0.39, 0.29) is 10.6 Å². The molecule has 6 heteroatoms. The van der Waals surface area contributed by atoms with Crippen LogP contribution in [0.2, 0.25) is 0 Å². The summed E-state index contributed by atoms with van der Waals surface area (Å²) in [6.07, 6.45) is 1.67. The SMILES string of the molecule is O=S(=O)(Nc1ccc2ncccc2c1)c1ccccc1O. The molecule has 0 fully saturated rings. The lowest BCUT2D eigenvalue weighted by Crippen LogP contribution is -2.13. The van der Waals surface area contributed by atoms with Crippen LogP contribution < -0.4 is 4.72 Å². The Kier molecular flexibility index (Phi) is 3.23. The van der Waals surface area contributed by atoms with Crippen LogP contribution in [0.4, 0.5) is 5.69 Å². The van der Waals surface area contributed by atoms with Crippen molar-refractivity contribution in [2.75, 3.05) is 4.72 Å². The highest BCUT2D eigenvalue weighted by Crippen LogP contribution is 2.25. The fourth-order valence-corrected chi connectivity index (χ4v) is 3.18. The molecular weight excluding hydrogens is 288 g/mol. The molecule has 1 heterocycles. The standard InChI is InChI=1S/C15H12N2O3S/c18-14-5-1-2-6-15(14)21(19,20)17-12-7-8-13-11(10-12)4-3-9-16-13/h1-10,17-18H. The molecule has 0 spiro atoms. The number of hydrogen-bond donors (Lipinski definition) is 2. The summed E-state index contributed by atoms with van der Waals surface area (Å²) >= 11 is 0. The van der Waals surface area contributed by atoms with Gasteiger partial charge in [0, 0.05) is 17.3 Å². The Hall–Kier alpha value is -2.60. The zero-order valence-electron chi connectivity index (χ0n) is 10.9. The molecule has 0 bridgehead atoms. The second kappa shape index (κ2) is 5.06. The van der Waals surface area contributed by atoms with Gasteiger partial charge in [0.1, 0.15) is 10.6 Å². The molecule has 2 aromatic carbocycles. The summed E-state index contributed by atoms with van der Waals surface area (Å²) in [5.41, 5.74) is 1.20. The largest absolute Gasteiger partial charge is 0.507 e. The normalized spacial score (nSPS) is 11.4. The van der Waals surface area contributed by atoms with Crippen LogP contribution in [0.25, 0.3) is 10.9 Å². The van der Waals surface area contributed by atoms with Crippen LogP contribution in [0, 0.1) is 0 Å². The number of rotatable bonds is 3. The van der Waals surface area contributed by atoms with Gasteiger partial charge in [-0.2, -0.15) is 0 Å². The zero-order chi connectivity index (χ0) is 14.9. The number of aromatic hydroxyl groups is 1. The number of nitrogens with zero attached hydrogens (tertiary/aromatic N) is 1. The van der Waals surface area contributed by atoms with Gasteiger partial charge < -0.3 is 5.11 Å². The van der Waals surface area contributed by atoms with Gasteiger partial charge in [0.05, 0.1) is 5.52 Å². The van der Waals surface area contributed by atoms with Gasteiger partial charge in [0.25, 0.3) is 10.0 Å². The first-order chi connectivity index (χ1) is 10.1. The maximum absolute atomic E-state index is 12.3. The van der Waals surface area contributed by atoms with E-state index in [2.05, 4.69) is 9.71 Å². The maximum Gasteiger partial charge on any atom is 0.265 e. The minimum Gasteiger partial charge on any atom is -0.507 e. The highest BCUT2D eigenvalue weighted by molar-refractivity contribution is 7.92. The molecular formula is C15H12N2O3S. The zero-order valence-corrected chi connectivity index (χ0v) is 11.7. The average Bonchev–Trinajstić information content (AvgIpc) is 2.47. The first kappa shape index (κ1) is 13.4. The molecule has 21 heavy (non-hydrogen) atoms. The monoisotopic (exact) mass is 300 g/mol. The van der Waals surface area contributed by atoms with Gasteiger partial charge in [-0.1, -0.05) is 18.2 Å². The number of para-hydroxylation sites is 1. The number of nitrogens with one attached hydrogen (secondary N) is 1. The Morgan fingerprint density at radius 1 is 1.00 bits per heavy atom. The maximum atomic E-state index is 12.3.